The Bertz CT molecular complexity index is 2230. The first-order chi connectivity index (χ1) is 28.9. The molecule has 1 aromatic carbocycles. The maximum Gasteiger partial charge on any atom is 0.267 e. The van der Waals surface area contributed by atoms with Crippen molar-refractivity contribution in [3.05, 3.63) is 62.9 Å². The van der Waals surface area contributed by atoms with Crippen molar-refractivity contribution >= 4 is 62.7 Å². The quantitative estimate of drug-likeness (QED) is 0.0833. The number of nitrogens with two attached hydrogens (primary N) is 1. The van der Waals surface area contributed by atoms with Crippen LogP contribution in [0, 0.1) is 12.8 Å². The van der Waals surface area contributed by atoms with E-state index in [1.54, 1.807) is 6.20 Å². The smallest absolute Gasteiger partial charge is 0.267 e. The Morgan fingerprint density at radius 1 is 0.950 bits per heavy atom. The molecule has 7 rings (SSSR count). The van der Waals surface area contributed by atoms with Crippen LogP contribution in [-0.2, 0) is 45.1 Å². The molecule has 14 nitrogen and oxygen atoms in total. The molecule has 4 aromatic rings. The zero-order valence-electron chi connectivity index (χ0n) is 34.5. The molecule has 1 aliphatic carbocycles. The molecule has 1 atom stereocenters. The van der Waals surface area contributed by atoms with Crippen LogP contribution in [0.1, 0.15) is 103 Å². The number of halogens is 1. The number of amides is 5. The number of aryl methyl sites for hydroxylation is 2. The summed E-state index contributed by atoms with van der Waals surface area (Å²) in [5.41, 5.74) is 11.4. The molecule has 0 saturated carbocycles. The van der Waals surface area contributed by atoms with E-state index in [-0.39, 0.29) is 55.7 Å². The van der Waals surface area contributed by atoms with Gasteiger partial charge in [-0.3, -0.25) is 33.9 Å². The van der Waals surface area contributed by atoms with Gasteiger partial charge in [-0.2, -0.15) is 5.10 Å². The van der Waals surface area contributed by atoms with Crippen LogP contribution in [0.3, 0.4) is 0 Å². The Morgan fingerprint density at radius 2 is 1.70 bits per heavy atom. The zero-order valence-corrected chi connectivity index (χ0v) is 36.1. The fraction of sp³-hybridized carbons (Fsp3) is 0.523. The monoisotopic (exact) mass is 858 g/mol. The first kappa shape index (κ1) is 43.2. The molecule has 3 aliphatic rings. The van der Waals surface area contributed by atoms with E-state index in [4.69, 9.17) is 22.1 Å². The number of hydrogen-bond donors (Lipinski definition) is 3. The minimum atomic E-state index is -0.551. The van der Waals surface area contributed by atoms with Gasteiger partial charge < -0.3 is 26.0 Å². The number of hydrogen-bond acceptors (Lipinski definition) is 10. The van der Waals surface area contributed by atoms with Gasteiger partial charge >= 0.3 is 0 Å². The highest BCUT2D eigenvalue weighted by Gasteiger charge is 2.30. The van der Waals surface area contributed by atoms with Crippen LogP contribution in [-0.4, -0.2) is 92.9 Å². The molecule has 0 unspecified atom stereocenters. The predicted molar refractivity (Wildman–Crippen MR) is 231 cm³/mol. The number of rotatable bonds is 18. The Morgan fingerprint density at radius 3 is 2.47 bits per heavy atom. The third-order valence-corrected chi connectivity index (χ3v) is 13.1. The van der Waals surface area contributed by atoms with Gasteiger partial charge in [0.05, 0.1) is 22.5 Å². The summed E-state index contributed by atoms with van der Waals surface area (Å²) in [4.78, 5) is 71.1. The second kappa shape index (κ2) is 19.7. The third-order valence-electron chi connectivity index (χ3n) is 11.7. The number of carbonyl (C=O) groups is 5. The predicted octanol–water partition coefficient (Wildman–Crippen LogP) is 5.72. The van der Waals surface area contributed by atoms with Gasteiger partial charge in [0.1, 0.15) is 24.1 Å². The molecule has 2 saturated heterocycles. The fourth-order valence-corrected chi connectivity index (χ4v) is 9.95. The van der Waals surface area contributed by atoms with Gasteiger partial charge in [-0.1, -0.05) is 24.9 Å². The number of unbranched alkanes of at least 4 members (excludes halogenated alkanes) is 2. The highest BCUT2D eigenvalue weighted by Crippen LogP contribution is 2.42. The summed E-state index contributed by atoms with van der Waals surface area (Å²) >= 11 is 8.14. The number of ether oxygens (including phenoxy) is 1. The van der Waals surface area contributed by atoms with Gasteiger partial charge in [0, 0.05) is 78.2 Å². The van der Waals surface area contributed by atoms with E-state index in [0.717, 1.165) is 126 Å². The van der Waals surface area contributed by atoms with Gasteiger partial charge in [-0.05, 0) is 101 Å². The molecule has 60 heavy (non-hydrogen) atoms. The summed E-state index contributed by atoms with van der Waals surface area (Å²) in [7, 11) is 0. The van der Waals surface area contributed by atoms with E-state index >= 15 is 0 Å². The lowest BCUT2D eigenvalue weighted by Crippen LogP contribution is -2.39. The summed E-state index contributed by atoms with van der Waals surface area (Å²) in [5.74, 6) is 0.262. The average molecular weight is 859 g/mol. The summed E-state index contributed by atoms with van der Waals surface area (Å²) < 4.78 is 9.17. The number of aromatic nitrogens is 3. The molecular weight excluding hydrogens is 804 g/mol. The Labute approximate surface area is 359 Å². The number of primary amides is 1. The van der Waals surface area contributed by atoms with E-state index in [2.05, 4.69) is 32.5 Å². The van der Waals surface area contributed by atoms with Crippen molar-refractivity contribution in [2.45, 2.75) is 110 Å². The molecule has 320 valence electrons. The maximum absolute atomic E-state index is 12.6. The second-order valence-electron chi connectivity index (χ2n) is 16.4. The van der Waals surface area contributed by atoms with E-state index in [9.17, 15) is 24.0 Å². The van der Waals surface area contributed by atoms with E-state index in [1.807, 2.05) is 31.2 Å². The van der Waals surface area contributed by atoms with Crippen molar-refractivity contribution in [3.63, 3.8) is 0 Å². The normalized spacial score (nSPS) is 17.3. The summed E-state index contributed by atoms with van der Waals surface area (Å²) in [6.45, 7) is 8.17. The molecule has 16 heteroatoms. The molecule has 4 N–H and O–H groups in total. The standard InChI is InChI=1S/C44H55ClN8O6S/c1-27-8-9-35-34(21-27)41(44(46)58)53(50-35)26-38(55)49-15-5-3-4-7-37(54)48-16-6-18-51-19-13-30(14-20-51)59-42-28(2)22-29(45)23-33(42)32-12-17-47-36-24-31(60-43(32)36)25-52-39(56)10-11-40(52)57/h12,17,22-24,27,30H,3-11,13-16,18-21,25-26H2,1-2H3,(H2,46,58)(H,48,54)(H,49,55)/t27-/m1/s1. The highest BCUT2D eigenvalue weighted by molar-refractivity contribution is 7.19. The van der Waals surface area contributed by atoms with Crippen LogP contribution >= 0.6 is 22.9 Å². The van der Waals surface area contributed by atoms with Gasteiger partial charge in [0.2, 0.25) is 23.6 Å². The Balaban J connectivity index is 0.796. The van der Waals surface area contributed by atoms with Gasteiger partial charge in [0.25, 0.3) is 5.91 Å². The SMILES string of the molecule is Cc1cc(Cl)cc(-c2ccnc3cc(CN4C(=O)CCC4=O)sc23)c1OC1CCN(CCCNC(=O)CCCCCNC(=O)Cn2nc3c(c2C(N)=O)C[C@H](C)CC3)CC1. The lowest BCUT2D eigenvalue weighted by atomic mass is 9.87. The Hall–Kier alpha value is -4.86. The molecule has 5 amide bonds. The highest BCUT2D eigenvalue weighted by atomic mass is 35.5. The first-order valence-corrected chi connectivity index (χ1v) is 22.4. The minimum absolute atomic E-state index is 0.0386. The Kier molecular flexibility index (Phi) is 14.2. The number of imide groups is 1. The second-order valence-corrected chi connectivity index (χ2v) is 18.0. The van der Waals surface area contributed by atoms with Crippen molar-refractivity contribution in [3.8, 4) is 16.9 Å². The number of nitrogens with one attached hydrogen (secondary N) is 2. The van der Waals surface area contributed by atoms with Crippen LogP contribution < -0.4 is 21.1 Å². The molecule has 3 aromatic heterocycles. The number of carbonyl (C=O) groups excluding carboxylic acids is 5. The van der Waals surface area contributed by atoms with Crippen molar-refractivity contribution in [2.24, 2.45) is 11.7 Å². The van der Waals surface area contributed by atoms with E-state index in [0.29, 0.717) is 36.1 Å². The zero-order chi connectivity index (χ0) is 42.3. The molecule has 2 fully saturated rings. The lowest BCUT2D eigenvalue weighted by Gasteiger charge is -2.33. The topological polar surface area (TPSA) is 182 Å². The average Bonchev–Trinajstić information content (AvgIpc) is 3.90. The van der Waals surface area contributed by atoms with Crippen LogP contribution in [0.2, 0.25) is 5.02 Å². The molecule has 0 spiro atoms. The minimum Gasteiger partial charge on any atom is -0.489 e. The van der Waals surface area contributed by atoms with E-state index in [1.165, 1.54) is 20.9 Å². The molecule has 2 aliphatic heterocycles. The first-order valence-electron chi connectivity index (χ1n) is 21.3. The molecule has 0 bridgehead atoms. The van der Waals surface area contributed by atoms with Crippen LogP contribution in [0.5, 0.6) is 5.75 Å². The van der Waals surface area contributed by atoms with Crippen LogP contribution in [0.15, 0.2) is 30.5 Å². The van der Waals surface area contributed by atoms with E-state index < -0.39 is 5.91 Å². The van der Waals surface area contributed by atoms with Gasteiger partial charge in [-0.15, -0.1) is 11.3 Å². The number of likely N-dealkylation sites (tertiary alicyclic amines) is 2. The molecular formula is C44H55ClN8O6S. The summed E-state index contributed by atoms with van der Waals surface area (Å²) in [5, 5.41) is 11.1. The van der Waals surface area contributed by atoms with Crippen molar-refractivity contribution in [1.29, 1.82) is 0 Å². The number of fused-ring (bicyclic) bond motifs is 2. The maximum atomic E-state index is 12.6. The fourth-order valence-electron chi connectivity index (χ4n) is 8.55. The number of thiophene rings is 1. The summed E-state index contributed by atoms with van der Waals surface area (Å²) in [6, 6.07) is 7.78. The van der Waals surface area contributed by atoms with Crippen molar-refractivity contribution < 1.29 is 28.7 Å². The molecule has 0 radical (unpaired) electrons. The van der Waals surface area contributed by atoms with Gasteiger partial charge in [0.15, 0.2) is 0 Å². The van der Waals surface area contributed by atoms with Crippen molar-refractivity contribution in [1.82, 2.24) is 35.2 Å². The van der Waals surface area contributed by atoms with Crippen LogP contribution in [0.4, 0.5) is 0 Å². The van der Waals surface area contributed by atoms with Crippen LogP contribution in [0.25, 0.3) is 21.3 Å². The third kappa shape index (κ3) is 10.5. The number of piperidine rings is 1. The number of pyridine rings is 1. The molecule has 5 heterocycles. The van der Waals surface area contributed by atoms with Crippen molar-refractivity contribution in [2.75, 3.05) is 32.7 Å². The largest absolute Gasteiger partial charge is 0.489 e. The van der Waals surface area contributed by atoms with Gasteiger partial charge in [-0.25, -0.2) is 4.68 Å². The lowest BCUT2D eigenvalue weighted by molar-refractivity contribution is -0.139. The summed E-state index contributed by atoms with van der Waals surface area (Å²) in [6.07, 6.45) is 10.3. The number of nitrogens with zero attached hydrogens (tertiary/aromatic N) is 5. The number of benzene rings is 1.